The monoisotopic (exact) mass is 369 g/mol. The molecule has 1 heterocycles. The number of aryl methyl sites for hydroxylation is 1. The number of amides is 1. The minimum absolute atomic E-state index is 0.0207. The van der Waals surface area contributed by atoms with Crippen LogP contribution in [0.2, 0.25) is 0 Å². The Labute approximate surface area is 149 Å². The summed E-state index contributed by atoms with van der Waals surface area (Å²) >= 11 is 0. The normalized spacial score (nSPS) is 18.6. The van der Waals surface area contributed by atoms with Crippen LogP contribution in [-0.4, -0.2) is 46.3 Å². The molecule has 1 aliphatic heterocycles. The average molecular weight is 369 g/mol. The fraction of sp³-hybridized carbons (Fsp3) is 0.588. The van der Waals surface area contributed by atoms with Crippen LogP contribution in [0.25, 0.3) is 0 Å². The van der Waals surface area contributed by atoms with E-state index in [1.165, 1.54) is 13.2 Å². The van der Waals surface area contributed by atoms with E-state index >= 15 is 0 Å². The van der Waals surface area contributed by atoms with Crippen molar-refractivity contribution < 1.29 is 17.9 Å². The van der Waals surface area contributed by atoms with Crippen LogP contribution in [0.15, 0.2) is 12.1 Å². The van der Waals surface area contributed by atoms with Crippen molar-refractivity contribution in [2.24, 2.45) is 0 Å². The molecule has 1 fully saturated rings. The summed E-state index contributed by atoms with van der Waals surface area (Å²) in [6.45, 7) is 4.76. The Morgan fingerprint density at radius 3 is 2.68 bits per heavy atom. The molecule has 2 atom stereocenters. The van der Waals surface area contributed by atoms with Crippen molar-refractivity contribution in [2.45, 2.75) is 45.2 Å². The van der Waals surface area contributed by atoms with Gasteiger partial charge in [0.05, 0.1) is 24.6 Å². The average Bonchev–Trinajstić information content (AvgIpc) is 3.06. The van der Waals surface area contributed by atoms with Crippen LogP contribution in [0.5, 0.6) is 5.75 Å². The first kappa shape index (κ1) is 19.5. The first-order chi connectivity index (χ1) is 11.7. The minimum Gasteiger partial charge on any atom is -0.496 e. The zero-order valence-electron chi connectivity index (χ0n) is 15.2. The third-order valence-corrected chi connectivity index (χ3v) is 5.02. The topological polar surface area (TPSA) is 96.5 Å². The van der Waals surface area contributed by atoms with Gasteiger partial charge in [0.25, 0.3) is 5.91 Å². The number of ether oxygens (including phenoxy) is 1. The van der Waals surface area contributed by atoms with Crippen molar-refractivity contribution >= 4 is 21.6 Å². The Morgan fingerprint density at radius 1 is 1.44 bits per heavy atom. The summed E-state index contributed by atoms with van der Waals surface area (Å²) in [6, 6.07) is 3.47. The molecule has 1 aliphatic rings. The van der Waals surface area contributed by atoms with Gasteiger partial charge in [0.1, 0.15) is 5.75 Å². The third-order valence-electron chi connectivity index (χ3n) is 4.43. The smallest absolute Gasteiger partial charge is 0.255 e. The van der Waals surface area contributed by atoms with E-state index in [9.17, 15) is 13.2 Å². The van der Waals surface area contributed by atoms with Crippen LogP contribution in [0.4, 0.5) is 5.69 Å². The Kier molecular flexibility index (Phi) is 6.29. The first-order valence-electron chi connectivity index (χ1n) is 8.45. The minimum atomic E-state index is -3.44. The quantitative estimate of drug-likeness (QED) is 0.679. The van der Waals surface area contributed by atoms with Gasteiger partial charge in [-0.25, -0.2) is 8.42 Å². The zero-order chi connectivity index (χ0) is 18.6. The van der Waals surface area contributed by atoms with Crippen LogP contribution < -0.4 is 20.1 Å². The molecule has 0 radical (unpaired) electrons. The lowest BCUT2D eigenvalue weighted by Gasteiger charge is -2.24. The summed E-state index contributed by atoms with van der Waals surface area (Å²) in [5, 5.41) is 6.46. The van der Waals surface area contributed by atoms with Crippen LogP contribution in [0.1, 0.15) is 42.1 Å². The maximum Gasteiger partial charge on any atom is 0.255 e. The number of hydrogen-bond donors (Lipinski definition) is 3. The van der Waals surface area contributed by atoms with Gasteiger partial charge in [-0.3, -0.25) is 9.52 Å². The standard InChI is InChI=1S/C17H27N3O4S/c1-5-13(14-7-6-8-18-14)19-17(21)12-10-15(20-25(4,22)23)11(2)9-16(12)24-3/h9-10,13-14,18,20H,5-8H2,1-4H3,(H,19,21). The van der Waals surface area contributed by atoms with Gasteiger partial charge < -0.3 is 15.4 Å². The number of nitrogens with one attached hydrogen (secondary N) is 3. The molecule has 25 heavy (non-hydrogen) atoms. The molecule has 3 N–H and O–H groups in total. The van der Waals surface area contributed by atoms with Gasteiger partial charge in [0, 0.05) is 12.1 Å². The summed E-state index contributed by atoms with van der Waals surface area (Å²) in [5.41, 5.74) is 1.37. The zero-order valence-corrected chi connectivity index (χ0v) is 16.0. The maximum absolute atomic E-state index is 12.8. The number of sulfonamides is 1. The van der Waals surface area contributed by atoms with E-state index in [-0.39, 0.29) is 18.0 Å². The maximum atomic E-state index is 12.8. The molecule has 0 spiro atoms. The molecule has 2 unspecified atom stereocenters. The van der Waals surface area contributed by atoms with Gasteiger partial charge in [0.15, 0.2) is 0 Å². The van der Waals surface area contributed by atoms with Crippen molar-refractivity contribution in [3.05, 3.63) is 23.3 Å². The van der Waals surface area contributed by atoms with Crippen molar-refractivity contribution in [1.82, 2.24) is 10.6 Å². The van der Waals surface area contributed by atoms with Gasteiger partial charge in [-0.2, -0.15) is 0 Å². The van der Waals surface area contributed by atoms with Gasteiger partial charge in [-0.15, -0.1) is 0 Å². The van der Waals surface area contributed by atoms with Crippen molar-refractivity contribution in [3.8, 4) is 5.75 Å². The third kappa shape index (κ3) is 5.09. The second kappa shape index (κ2) is 8.05. The first-order valence-corrected chi connectivity index (χ1v) is 10.3. The van der Waals surface area contributed by atoms with Gasteiger partial charge in [0.2, 0.25) is 10.0 Å². The lowest BCUT2D eigenvalue weighted by molar-refractivity contribution is 0.0924. The van der Waals surface area contributed by atoms with Crippen LogP contribution in [0, 0.1) is 6.92 Å². The van der Waals surface area contributed by atoms with E-state index in [1.807, 2.05) is 6.92 Å². The Bertz CT molecular complexity index is 728. The van der Waals surface area contributed by atoms with E-state index in [0.29, 0.717) is 22.6 Å². The summed E-state index contributed by atoms with van der Waals surface area (Å²) in [6.07, 6.45) is 4.03. The fourth-order valence-electron chi connectivity index (χ4n) is 3.13. The molecule has 0 aliphatic carbocycles. The molecule has 2 rings (SSSR count). The molecule has 1 saturated heterocycles. The Morgan fingerprint density at radius 2 is 2.16 bits per heavy atom. The number of anilines is 1. The highest BCUT2D eigenvalue weighted by Crippen LogP contribution is 2.27. The SMILES string of the molecule is CCC(NC(=O)c1cc(NS(C)(=O)=O)c(C)cc1OC)C1CCCN1. The molecule has 8 heteroatoms. The molecule has 1 aromatic carbocycles. The number of methoxy groups -OCH3 is 1. The molecular formula is C17H27N3O4S. The molecule has 7 nitrogen and oxygen atoms in total. The van der Waals surface area contributed by atoms with E-state index < -0.39 is 10.0 Å². The van der Waals surface area contributed by atoms with Crippen LogP contribution >= 0.6 is 0 Å². The number of carbonyl (C=O) groups excluding carboxylic acids is 1. The van der Waals surface area contributed by atoms with Crippen molar-refractivity contribution in [3.63, 3.8) is 0 Å². The highest BCUT2D eigenvalue weighted by atomic mass is 32.2. The number of carbonyl (C=O) groups is 1. The molecule has 0 bridgehead atoms. The lowest BCUT2D eigenvalue weighted by atomic mass is 10.0. The van der Waals surface area contributed by atoms with E-state index in [1.54, 1.807) is 13.0 Å². The van der Waals surface area contributed by atoms with E-state index in [0.717, 1.165) is 32.1 Å². The molecule has 0 aromatic heterocycles. The lowest BCUT2D eigenvalue weighted by Crippen LogP contribution is -2.47. The Hall–Kier alpha value is -1.80. The molecule has 0 saturated carbocycles. The molecule has 1 amide bonds. The largest absolute Gasteiger partial charge is 0.496 e. The molecule has 1 aromatic rings. The highest BCUT2D eigenvalue weighted by molar-refractivity contribution is 7.92. The summed E-state index contributed by atoms with van der Waals surface area (Å²) < 4.78 is 30.8. The van der Waals surface area contributed by atoms with Crippen molar-refractivity contribution in [2.75, 3.05) is 24.6 Å². The fourth-order valence-corrected chi connectivity index (χ4v) is 3.75. The van der Waals surface area contributed by atoms with Crippen LogP contribution in [-0.2, 0) is 10.0 Å². The predicted molar refractivity (Wildman–Crippen MR) is 98.8 cm³/mol. The molecular weight excluding hydrogens is 342 g/mol. The summed E-state index contributed by atoms with van der Waals surface area (Å²) in [4.78, 5) is 12.8. The van der Waals surface area contributed by atoms with Crippen LogP contribution in [0.3, 0.4) is 0 Å². The van der Waals surface area contributed by atoms with Gasteiger partial charge in [-0.05, 0) is 50.4 Å². The number of rotatable bonds is 7. The molecule has 140 valence electrons. The number of benzene rings is 1. The predicted octanol–water partition coefficient (Wildman–Crippen LogP) is 1.64. The van der Waals surface area contributed by atoms with Crippen molar-refractivity contribution in [1.29, 1.82) is 0 Å². The van der Waals surface area contributed by atoms with E-state index in [4.69, 9.17) is 4.74 Å². The van der Waals surface area contributed by atoms with Gasteiger partial charge in [-0.1, -0.05) is 6.92 Å². The number of hydrogen-bond acceptors (Lipinski definition) is 5. The second-order valence-electron chi connectivity index (χ2n) is 6.43. The summed E-state index contributed by atoms with van der Waals surface area (Å²) in [5.74, 6) is 0.150. The summed E-state index contributed by atoms with van der Waals surface area (Å²) in [7, 11) is -1.94. The second-order valence-corrected chi connectivity index (χ2v) is 8.18. The van der Waals surface area contributed by atoms with Gasteiger partial charge >= 0.3 is 0 Å². The highest BCUT2D eigenvalue weighted by Gasteiger charge is 2.26. The Balaban J connectivity index is 2.28. The van der Waals surface area contributed by atoms with E-state index in [2.05, 4.69) is 15.4 Å².